The minimum absolute atomic E-state index is 0.0105. The molecule has 1 aliphatic heterocycles. The Morgan fingerprint density at radius 1 is 1.43 bits per heavy atom. The molecule has 21 heavy (non-hydrogen) atoms. The van der Waals surface area contributed by atoms with Crippen molar-refractivity contribution in [3.8, 4) is 11.5 Å². The molecule has 1 aliphatic rings. The van der Waals surface area contributed by atoms with Gasteiger partial charge in [-0.1, -0.05) is 6.07 Å². The first-order valence-electron chi connectivity index (χ1n) is 6.78. The molecule has 2 heterocycles. The number of likely N-dealkylation sites (N-methyl/N-ethyl adjacent to an activating group) is 1. The van der Waals surface area contributed by atoms with Gasteiger partial charge in [-0.3, -0.25) is 9.48 Å². The van der Waals surface area contributed by atoms with Gasteiger partial charge in [-0.2, -0.15) is 5.10 Å². The van der Waals surface area contributed by atoms with Crippen molar-refractivity contribution in [2.24, 2.45) is 0 Å². The Morgan fingerprint density at radius 3 is 3.00 bits per heavy atom. The van der Waals surface area contributed by atoms with Crippen LogP contribution in [0.25, 0.3) is 0 Å². The predicted molar refractivity (Wildman–Crippen MR) is 76.0 cm³/mol. The lowest BCUT2D eigenvalue weighted by atomic mass is 10.2. The molecular formula is C15H17N3O3. The van der Waals surface area contributed by atoms with Crippen molar-refractivity contribution in [2.45, 2.75) is 19.5 Å². The molecule has 0 spiro atoms. The Hall–Kier alpha value is -2.50. The van der Waals surface area contributed by atoms with E-state index in [-0.39, 0.29) is 18.7 Å². The second-order valence-electron chi connectivity index (χ2n) is 5.04. The van der Waals surface area contributed by atoms with E-state index in [0.29, 0.717) is 6.54 Å². The summed E-state index contributed by atoms with van der Waals surface area (Å²) in [5, 5.41) is 4.11. The van der Waals surface area contributed by atoms with Crippen LogP contribution in [0.1, 0.15) is 18.5 Å². The van der Waals surface area contributed by atoms with Crippen molar-refractivity contribution in [3.05, 3.63) is 42.2 Å². The molecule has 2 aromatic rings. The summed E-state index contributed by atoms with van der Waals surface area (Å²) in [5.74, 6) is 1.49. The smallest absolute Gasteiger partial charge is 0.247 e. The summed E-state index contributed by atoms with van der Waals surface area (Å²) in [4.78, 5) is 14.1. The summed E-state index contributed by atoms with van der Waals surface area (Å²) >= 11 is 0. The number of aromatic nitrogens is 2. The summed E-state index contributed by atoms with van der Waals surface area (Å²) in [7, 11) is 1.78. The highest BCUT2D eigenvalue weighted by Gasteiger charge is 2.20. The summed E-state index contributed by atoms with van der Waals surface area (Å²) < 4.78 is 12.3. The zero-order valence-electron chi connectivity index (χ0n) is 12.0. The van der Waals surface area contributed by atoms with Gasteiger partial charge in [0.15, 0.2) is 11.5 Å². The second kappa shape index (κ2) is 5.47. The molecule has 0 saturated carbocycles. The van der Waals surface area contributed by atoms with Gasteiger partial charge in [0.2, 0.25) is 12.7 Å². The molecule has 1 aromatic carbocycles. The van der Waals surface area contributed by atoms with E-state index in [2.05, 4.69) is 5.10 Å². The van der Waals surface area contributed by atoms with Gasteiger partial charge in [-0.05, 0) is 30.7 Å². The number of benzene rings is 1. The zero-order valence-corrected chi connectivity index (χ0v) is 12.0. The third-order valence-electron chi connectivity index (χ3n) is 3.51. The Labute approximate surface area is 122 Å². The highest BCUT2D eigenvalue weighted by Crippen LogP contribution is 2.32. The topological polar surface area (TPSA) is 56.6 Å². The molecule has 0 saturated heterocycles. The van der Waals surface area contributed by atoms with Crippen LogP contribution in [0.15, 0.2) is 36.7 Å². The molecule has 0 N–H and O–H groups in total. The van der Waals surface area contributed by atoms with Crippen molar-refractivity contribution < 1.29 is 14.3 Å². The number of rotatable bonds is 4. The van der Waals surface area contributed by atoms with E-state index < -0.39 is 0 Å². The van der Waals surface area contributed by atoms with Crippen LogP contribution in [0, 0.1) is 0 Å². The molecule has 1 unspecified atom stereocenters. The van der Waals surface area contributed by atoms with Gasteiger partial charge in [0, 0.05) is 26.0 Å². The second-order valence-corrected chi connectivity index (χ2v) is 5.04. The largest absolute Gasteiger partial charge is 0.454 e. The maximum atomic E-state index is 12.4. The van der Waals surface area contributed by atoms with Crippen molar-refractivity contribution >= 4 is 5.91 Å². The molecule has 0 radical (unpaired) electrons. The minimum atomic E-state index is -0.320. The monoisotopic (exact) mass is 287 g/mol. The minimum Gasteiger partial charge on any atom is -0.454 e. The first-order chi connectivity index (χ1) is 10.1. The van der Waals surface area contributed by atoms with Gasteiger partial charge in [-0.15, -0.1) is 0 Å². The van der Waals surface area contributed by atoms with Crippen LogP contribution in [0.3, 0.4) is 0 Å². The number of hydrogen-bond donors (Lipinski definition) is 0. The zero-order chi connectivity index (χ0) is 14.8. The summed E-state index contributed by atoms with van der Waals surface area (Å²) in [6, 6.07) is 7.20. The van der Waals surface area contributed by atoms with Crippen molar-refractivity contribution in [1.82, 2.24) is 14.7 Å². The molecule has 1 aromatic heterocycles. The number of carbonyl (C=O) groups is 1. The number of hydrogen-bond acceptors (Lipinski definition) is 4. The van der Waals surface area contributed by atoms with Crippen molar-refractivity contribution in [2.75, 3.05) is 13.8 Å². The Morgan fingerprint density at radius 2 is 2.24 bits per heavy atom. The average molecular weight is 287 g/mol. The van der Waals surface area contributed by atoms with Crippen molar-refractivity contribution in [1.29, 1.82) is 0 Å². The highest BCUT2D eigenvalue weighted by molar-refractivity contribution is 5.79. The molecule has 3 rings (SSSR count). The van der Waals surface area contributed by atoms with Crippen LogP contribution in [0.4, 0.5) is 0 Å². The number of ether oxygens (including phenoxy) is 2. The number of nitrogens with zero attached hydrogens (tertiary/aromatic N) is 3. The Balaban J connectivity index is 1.68. The molecule has 1 atom stereocenters. The third kappa shape index (κ3) is 2.69. The fraction of sp³-hybridized carbons (Fsp3) is 0.333. The first-order valence-corrected chi connectivity index (χ1v) is 6.78. The molecule has 110 valence electrons. The summed E-state index contributed by atoms with van der Waals surface area (Å²) in [5.41, 5.74) is 1.00. The maximum absolute atomic E-state index is 12.4. The van der Waals surface area contributed by atoms with Gasteiger partial charge in [-0.25, -0.2) is 0 Å². The molecule has 0 bridgehead atoms. The fourth-order valence-corrected chi connectivity index (χ4v) is 2.33. The normalized spacial score (nSPS) is 14.0. The first kappa shape index (κ1) is 13.5. The predicted octanol–water partition coefficient (Wildman–Crippen LogP) is 1.83. The molecule has 0 aliphatic carbocycles. The van der Waals surface area contributed by atoms with Crippen LogP contribution >= 0.6 is 0 Å². The number of fused-ring (bicyclic) bond motifs is 1. The SMILES string of the molecule is CC(C(=O)N(C)Cc1ccc2c(c1)OCO2)n1cccn1. The fourth-order valence-electron chi connectivity index (χ4n) is 2.33. The maximum Gasteiger partial charge on any atom is 0.247 e. The van der Waals surface area contributed by atoms with Gasteiger partial charge in [0.1, 0.15) is 6.04 Å². The third-order valence-corrected chi connectivity index (χ3v) is 3.51. The Kier molecular flexibility index (Phi) is 3.51. The standard InChI is InChI=1S/C15H17N3O3/c1-11(18-7-3-6-16-18)15(19)17(2)9-12-4-5-13-14(8-12)21-10-20-13/h3-8,11H,9-10H2,1-2H3. The van der Waals surface area contributed by atoms with E-state index in [1.165, 1.54) is 0 Å². The molecule has 1 amide bonds. The highest BCUT2D eigenvalue weighted by atomic mass is 16.7. The van der Waals surface area contributed by atoms with E-state index in [1.54, 1.807) is 29.0 Å². The van der Waals surface area contributed by atoms with E-state index in [1.807, 2.05) is 31.2 Å². The van der Waals surface area contributed by atoms with Crippen molar-refractivity contribution in [3.63, 3.8) is 0 Å². The van der Waals surface area contributed by atoms with Crippen LogP contribution in [0.2, 0.25) is 0 Å². The van der Waals surface area contributed by atoms with Crippen LogP contribution < -0.4 is 9.47 Å². The van der Waals surface area contributed by atoms with E-state index in [0.717, 1.165) is 17.1 Å². The number of carbonyl (C=O) groups excluding carboxylic acids is 1. The molecule has 6 nitrogen and oxygen atoms in total. The van der Waals surface area contributed by atoms with Gasteiger partial charge < -0.3 is 14.4 Å². The van der Waals surface area contributed by atoms with Crippen LogP contribution in [0.5, 0.6) is 11.5 Å². The van der Waals surface area contributed by atoms with E-state index in [4.69, 9.17) is 9.47 Å². The molecule has 0 fully saturated rings. The van der Waals surface area contributed by atoms with E-state index >= 15 is 0 Å². The quantitative estimate of drug-likeness (QED) is 0.861. The van der Waals surface area contributed by atoms with E-state index in [9.17, 15) is 4.79 Å². The summed E-state index contributed by atoms with van der Waals surface area (Å²) in [6.45, 7) is 2.61. The summed E-state index contributed by atoms with van der Waals surface area (Å²) in [6.07, 6.45) is 3.46. The lowest BCUT2D eigenvalue weighted by molar-refractivity contribution is -0.133. The lowest BCUT2D eigenvalue weighted by Gasteiger charge is -2.21. The van der Waals surface area contributed by atoms with Gasteiger partial charge in [0.25, 0.3) is 0 Å². The molecule has 6 heteroatoms. The van der Waals surface area contributed by atoms with Crippen LogP contribution in [-0.2, 0) is 11.3 Å². The Bertz CT molecular complexity index is 640. The van der Waals surface area contributed by atoms with Gasteiger partial charge in [0.05, 0.1) is 0 Å². The van der Waals surface area contributed by atoms with Crippen LogP contribution in [-0.4, -0.2) is 34.4 Å². The number of amides is 1. The lowest BCUT2D eigenvalue weighted by Crippen LogP contribution is -2.32. The average Bonchev–Trinajstić information content (AvgIpc) is 3.16. The molecular weight excluding hydrogens is 270 g/mol. The van der Waals surface area contributed by atoms with Gasteiger partial charge >= 0.3 is 0 Å².